The van der Waals surface area contributed by atoms with Gasteiger partial charge in [-0.1, -0.05) is 23.4 Å². The summed E-state index contributed by atoms with van der Waals surface area (Å²) >= 11 is 0. The van der Waals surface area contributed by atoms with E-state index in [1.807, 2.05) is 47.3 Å². The van der Waals surface area contributed by atoms with E-state index in [-0.39, 0.29) is 6.04 Å². The molecule has 1 aromatic carbocycles. The van der Waals surface area contributed by atoms with Gasteiger partial charge in [-0.2, -0.15) is 10.1 Å². The Morgan fingerprint density at radius 2 is 2.10 bits per heavy atom. The summed E-state index contributed by atoms with van der Waals surface area (Å²) in [5.41, 5.74) is 0.931. The molecule has 0 fully saturated rings. The van der Waals surface area contributed by atoms with Crippen LogP contribution in [-0.2, 0) is 13.1 Å². The maximum absolute atomic E-state index is 5.27. The molecule has 21 heavy (non-hydrogen) atoms. The summed E-state index contributed by atoms with van der Waals surface area (Å²) in [6, 6.07) is 11.9. The topological polar surface area (TPSA) is 68.8 Å². The van der Waals surface area contributed by atoms with Gasteiger partial charge < -0.3 is 9.84 Å². The molecule has 0 aliphatic carbocycles. The molecule has 0 spiro atoms. The largest absolute Gasteiger partial charge is 0.334 e. The lowest BCUT2D eigenvalue weighted by Gasteiger charge is -2.11. The molecule has 0 aliphatic rings. The van der Waals surface area contributed by atoms with Crippen LogP contribution in [0.5, 0.6) is 0 Å². The Balaban J connectivity index is 1.55. The lowest BCUT2D eigenvalue weighted by molar-refractivity contribution is 0.407. The average molecular weight is 283 g/mol. The van der Waals surface area contributed by atoms with E-state index in [0.29, 0.717) is 18.3 Å². The lowest BCUT2D eigenvalue weighted by atomic mass is 10.2. The van der Waals surface area contributed by atoms with Crippen molar-refractivity contribution in [3.63, 3.8) is 0 Å². The van der Waals surface area contributed by atoms with Crippen LogP contribution in [-0.4, -0.2) is 26.0 Å². The van der Waals surface area contributed by atoms with Crippen LogP contribution in [0.2, 0.25) is 0 Å². The smallest absolute Gasteiger partial charge is 0.257 e. The Kier molecular flexibility index (Phi) is 4.07. The summed E-state index contributed by atoms with van der Waals surface area (Å²) in [4.78, 5) is 4.39. The van der Waals surface area contributed by atoms with E-state index in [1.54, 1.807) is 6.20 Å². The quantitative estimate of drug-likeness (QED) is 0.750. The fourth-order valence-electron chi connectivity index (χ4n) is 2.04. The molecule has 0 amide bonds. The third-order valence-corrected chi connectivity index (χ3v) is 3.12. The van der Waals surface area contributed by atoms with Crippen molar-refractivity contribution >= 4 is 0 Å². The standard InChI is InChI=1S/C15H17N5O/c1-12(11-20-9-5-8-17-20)16-10-14-18-15(21-19-14)13-6-3-2-4-7-13/h2-9,12,16H,10-11H2,1H3/t12-/m1/s1. The minimum absolute atomic E-state index is 0.267. The van der Waals surface area contributed by atoms with Crippen molar-refractivity contribution in [2.75, 3.05) is 0 Å². The van der Waals surface area contributed by atoms with Gasteiger partial charge in [0.05, 0.1) is 13.1 Å². The van der Waals surface area contributed by atoms with E-state index in [9.17, 15) is 0 Å². The van der Waals surface area contributed by atoms with Crippen molar-refractivity contribution < 1.29 is 4.52 Å². The van der Waals surface area contributed by atoms with Crippen LogP contribution in [0, 0.1) is 0 Å². The zero-order valence-electron chi connectivity index (χ0n) is 11.8. The zero-order valence-corrected chi connectivity index (χ0v) is 11.8. The van der Waals surface area contributed by atoms with Gasteiger partial charge in [0, 0.05) is 24.0 Å². The lowest BCUT2D eigenvalue weighted by Crippen LogP contribution is -2.30. The normalized spacial score (nSPS) is 12.4. The van der Waals surface area contributed by atoms with Crippen molar-refractivity contribution in [1.29, 1.82) is 0 Å². The molecular weight excluding hydrogens is 266 g/mol. The Morgan fingerprint density at radius 1 is 1.24 bits per heavy atom. The number of benzene rings is 1. The van der Waals surface area contributed by atoms with Gasteiger partial charge in [-0.25, -0.2) is 0 Å². The highest BCUT2D eigenvalue weighted by Crippen LogP contribution is 2.15. The van der Waals surface area contributed by atoms with Crippen molar-refractivity contribution in [1.82, 2.24) is 25.2 Å². The molecule has 0 radical (unpaired) electrons. The molecule has 0 bridgehead atoms. The van der Waals surface area contributed by atoms with Gasteiger partial charge in [-0.05, 0) is 25.1 Å². The predicted octanol–water partition coefficient (Wildman–Crippen LogP) is 2.11. The van der Waals surface area contributed by atoms with Crippen molar-refractivity contribution in [2.45, 2.75) is 26.1 Å². The molecule has 0 saturated heterocycles. The number of aromatic nitrogens is 4. The van der Waals surface area contributed by atoms with Crippen LogP contribution in [0.15, 0.2) is 53.3 Å². The van der Waals surface area contributed by atoms with E-state index >= 15 is 0 Å². The Labute approximate surface area is 122 Å². The first-order chi connectivity index (χ1) is 10.3. The number of nitrogens with one attached hydrogen (secondary N) is 1. The Bertz CT molecular complexity index is 662. The van der Waals surface area contributed by atoms with E-state index in [2.05, 4.69) is 27.5 Å². The monoisotopic (exact) mass is 283 g/mol. The molecule has 0 aliphatic heterocycles. The summed E-state index contributed by atoms with van der Waals surface area (Å²) in [6.45, 7) is 3.47. The summed E-state index contributed by atoms with van der Waals surface area (Å²) < 4.78 is 7.16. The van der Waals surface area contributed by atoms with Gasteiger partial charge in [0.2, 0.25) is 0 Å². The van der Waals surface area contributed by atoms with E-state index in [1.165, 1.54) is 0 Å². The number of rotatable bonds is 6. The molecule has 6 heteroatoms. The molecule has 3 rings (SSSR count). The van der Waals surface area contributed by atoms with Crippen molar-refractivity contribution in [3.8, 4) is 11.5 Å². The van der Waals surface area contributed by atoms with Gasteiger partial charge in [0.25, 0.3) is 5.89 Å². The van der Waals surface area contributed by atoms with Crippen LogP contribution >= 0.6 is 0 Å². The van der Waals surface area contributed by atoms with Gasteiger partial charge in [0.15, 0.2) is 5.82 Å². The summed E-state index contributed by atoms with van der Waals surface area (Å²) in [7, 11) is 0. The molecule has 1 atom stereocenters. The predicted molar refractivity (Wildman–Crippen MR) is 78.3 cm³/mol. The highest BCUT2D eigenvalue weighted by atomic mass is 16.5. The number of nitrogens with zero attached hydrogens (tertiary/aromatic N) is 4. The minimum Gasteiger partial charge on any atom is -0.334 e. The van der Waals surface area contributed by atoms with Crippen LogP contribution in [0.1, 0.15) is 12.7 Å². The van der Waals surface area contributed by atoms with E-state index in [0.717, 1.165) is 12.1 Å². The average Bonchev–Trinajstić information content (AvgIpc) is 3.17. The maximum atomic E-state index is 5.27. The molecule has 2 aromatic heterocycles. The third kappa shape index (κ3) is 3.55. The first-order valence-corrected chi connectivity index (χ1v) is 6.90. The van der Waals surface area contributed by atoms with Crippen molar-refractivity contribution in [3.05, 3.63) is 54.6 Å². The molecule has 3 aromatic rings. The summed E-state index contributed by atoms with van der Waals surface area (Å²) in [6.07, 6.45) is 3.72. The summed E-state index contributed by atoms with van der Waals surface area (Å²) in [5.74, 6) is 1.20. The van der Waals surface area contributed by atoms with Crippen molar-refractivity contribution in [2.24, 2.45) is 0 Å². The molecule has 0 unspecified atom stereocenters. The van der Waals surface area contributed by atoms with E-state index in [4.69, 9.17) is 4.52 Å². The first kappa shape index (κ1) is 13.5. The fraction of sp³-hybridized carbons (Fsp3) is 0.267. The zero-order chi connectivity index (χ0) is 14.5. The van der Waals surface area contributed by atoms with Crippen LogP contribution in [0.3, 0.4) is 0 Å². The molecular formula is C15H17N5O. The van der Waals surface area contributed by atoms with Gasteiger partial charge in [-0.15, -0.1) is 0 Å². The first-order valence-electron chi connectivity index (χ1n) is 6.90. The van der Waals surface area contributed by atoms with Gasteiger partial charge in [0.1, 0.15) is 0 Å². The second-order valence-corrected chi connectivity index (χ2v) is 4.89. The maximum Gasteiger partial charge on any atom is 0.257 e. The molecule has 1 N–H and O–H groups in total. The highest BCUT2D eigenvalue weighted by molar-refractivity contribution is 5.51. The van der Waals surface area contributed by atoms with Crippen LogP contribution in [0.25, 0.3) is 11.5 Å². The van der Waals surface area contributed by atoms with Gasteiger partial charge in [-0.3, -0.25) is 4.68 Å². The molecule has 0 saturated carbocycles. The second-order valence-electron chi connectivity index (χ2n) is 4.89. The summed E-state index contributed by atoms with van der Waals surface area (Å²) in [5, 5.41) is 11.5. The number of hydrogen-bond acceptors (Lipinski definition) is 5. The fourth-order valence-corrected chi connectivity index (χ4v) is 2.04. The Morgan fingerprint density at radius 3 is 2.86 bits per heavy atom. The Hall–Kier alpha value is -2.47. The van der Waals surface area contributed by atoms with Crippen LogP contribution in [0.4, 0.5) is 0 Å². The number of hydrogen-bond donors (Lipinski definition) is 1. The molecule has 108 valence electrons. The third-order valence-electron chi connectivity index (χ3n) is 3.12. The van der Waals surface area contributed by atoms with E-state index < -0.39 is 0 Å². The SMILES string of the molecule is C[C@H](Cn1cccn1)NCc1noc(-c2ccccc2)n1. The second kappa shape index (κ2) is 6.32. The molecule has 2 heterocycles. The molecule has 6 nitrogen and oxygen atoms in total. The minimum atomic E-state index is 0.267. The van der Waals surface area contributed by atoms with Gasteiger partial charge >= 0.3 is 0 Å². The highest BCUT2D eigenvalue weighted by Gasteiger charge is 2.09. The van der Waals surface area contributed by atoms with Crippen LogP contribution < -0.4 is 5.32 Å².